The van der Waals surface area contributed by atoms with Crippen molar-refractivity contribution in [2.45, 2.75) is 0 Å². The van der Waals surface area contributed by atoms with Crippen molar-refractivity contribution in [1.29, 1.82) is 0 Å². The molecule has 0 aliphatic heterocycles. The van der Waals surface area contributed by atoms with E-state index in [9.17, 15) is 0 Å². The van der Waals surface area contributed by atoms with Gasteiger partial charge in [0, 0.05) is 8.41 Å². The van der Waals surface area contributed by atoms with Gasteiger partial charge in [0.15, 0.2) is 0 Å². The zero-order valence-corrected chi connectivity index (χ0v) is 3.38. The highest BCUT2D eigenvalue weighted by Crippen LogP contribution is 0.690. The standard InChI is InChI=1S/CH5N.B.ClH/c1-2;;/h2H2,1H3;;1H. The maximum Gasteiger partial charge on any atom is 0 e. The Bertz CT molecular complexity index is 8.00. The van der Waals surface area contributed by atoms with Crippen LogP contribution < -0.4 is 5.73 Å². The molecular formula is CH6BClN. The first kappa shape index (κ1) is 27.4. The monoisotopic (exact) mass is 78.0 g/mol. The zero-order valence-electron chi connectivity index (χ0n) is 2.56. The molecule has 0 aromatic heterocycles. The average Bonchev–Trinajstić information content (AvgIpc) is 1.00. The molecule has 0 saturated heterocycles. The van der Waals surface area contributed by atoms with Crippen molar-refractivity contribution < 1.29 is 0 Å². The molecule has 0 heterocycles. The lowest BCUT2D eigenvalue weighted by Gasteiger charge is -1.19. The summed E-state index contributed by atoms with van der Waals surface area (Å²) in [6.07, 6.45) is 0. The van der Waals surface area contributed by atoms with E-state index in [0.29, 0.717) is 0 Å². The van der Waals surface area contributed by atoms with Crippen molar-refractivity contribution >= 4 is 20.8 Å². The van der Waals surface area contributed by atoms with E-state index >= 15 is 0 Å². The summed E-state index contributed by atoms with van der Waals surface area (Å²) in [7, 11) is 1.50. The molecule has 0 bridgehead atoms. The second-order valence-corrected chi connectivity index (χ2v) is 0. The fraction of sp³-hybridized carbons (Fsp3) is 1.00. The minimum Gasteiger partial charge on any atom is -0.333 e. The number of rotatable bonds is 0. The van der Waals surface area contributed by atoms with Crippen LogP contribution in [0.5, 0.6) is 0 Å². The van der Waals surface area contributed by atoms with Crippen LogP contribution in [0.25, 0.3) is 0 Å². The van der Waals surface area contributed by atoms with Gasteiger partial charge in [-0.25, -0.2) is 0 Å². The van der Waals surface area contributed by atoms with Gasteiger partial charge >= 0.3 is 0 Å². The number of hydrogen-bond acceptors (Lipinski definition) is 1. The van der Waals surface area contributed by atoms with Crippen molar-refractivity contribution in [3.05, 3.63) is 0 Å². The maximum atomic E-state index is 4.50. The summed E-state index contributed by atoms with van der Waals surface area (Å²) in [5, 5.41) is 0. The van der Waals surface area contributed by atoms with E-state index in [-0.39, 0.29) is 20.8 Å². The third kappa shape index (κ3) is 40.4. The molecule has 25 valence electrons. The van der Waals surface area contributed by atoms with Crippen LogP contribution in [0.1, 0.15) is 0 Å². The molecule has 4 heavy (non-hydrogen) atoms. The molecular weight excluding hydrogens is 72.3 g/mol. The Morgan fingerprint density at radius 1 is 1.25 bits per heavy atom. The first-order valence-corrected chi connectivity index (χ1v) is 0.577. The second-order valence-electron chi connectivity index (χ2n) is 0. The molecule has 0 aromatic carbocycles. The van der Waals surface area contributed by atoms with Gasteiger partial charge in [0.25, 0.3) is 0 Å². The lowest BCUT2D eigenvalue weighted by Crippen LogP contribution is -1.69. The molecule has 0 atom stereocenters. The summed E-state index contributed by atoms with van der Waals surface area (Å²) >= 11 is 0. The topological polar surface area (TPSA) is 26.0 Å². The molecule has 0 aromatic rings. The predicted molar refractivity (Wildman–Crippen MR) is 23.1 cm³/mol. The Morgan fingerprint density at radius 3 is 1.25 bits per heavy atom. The Kier molecular flexibility index (Phi) is 1230. The largest absolute Gasteiger partial charge is 0.333 e. The van der Waals surface area contributed by atoms with Crippen molar-refractivity contribution in [2.24, 2.45) is 5.73 Å². The second kappa shape index (κ2) is 179. The van der Waals surface area contributed by atoms with Gasteiger partial charge in [0.1, 0.15) is 0 Å². The highest BCUT2D eigenvalue weighted by molar-refractivity contribution is 5.85. The lowest BCUT2D eigenvalue weighted by atomic mass is 10.8. The molecule has 0 rings (SSSR count). The van der Waals surface area contributed by atoms with Gasteiger partial charge in [-0.2, -0.15) is 0 Å². The SMILES string of the molecule is CN.Cl.[B]. The molecule has 0 spiro atoms. The van der Waals surface area contributed by atoms with E-state index in [1.54, 1.807) is 0 Å². The van der Waals surface area contributed by atoms with Crippen LogP contribution in [-0.4, -0.2) is 15.5 Å². The lowest BCUT2D eigenvalue weighted by molar-refractivity contribution is 1.48. The molecule has 0 aliphatic rings. The van der Waals surface area contributed by atoms with E-state index < -0.39 is 0 Å². The van der Waals surface area contributed by atoms with E-state index in [1.807, 2.05) is 0 Å². The smallest absolute Gasteiger partial charge is 0 e. The van der Waals surface area contributed by atoms with Crippen LogP contribution in [-0.2, 0) is 0 Å². The van der Waals surface area contributed by atoms with Gasteiger partial charge in [0.05, 0.1) is 0 Å². The molecule has 0 saturated carbocycles. The first-order valence-electron chi connectivity index (χ1n) is 0.577. The van der Waals surface area contributed by atoms with Crippen LogP contribution >= 0.6 is 12.4 Å². The molecule has 3 radical (unpaired) electrons. The van der Waals surface area contributed by atoms with Gasteiger partial charge < -0.3 is 5.73 Å². The normalized spacial score (nSPS) is 1.50. The molecule has 0 aliphatic carbocycles. The minimum atomic E-state index is 0. The zero-order chi connectivity index (χ0) is 2.00. The van der Waals surface area contributed by atoms with E-state index in [1.165, 1.54) is 7.05 Å². The van der Waals surface area contributed by atoms with E-state index in [4.69, 9.17) is 0 Å². The minimum absolute atomic E-state index is 0. The summed E-state index contributed by atoms with van der Waals surface area (Å²) in [6.45, 7) is 0. The van der Waals surface area contributed by atoms with Crippen LogP contribution in [0.4, 0.5) is 0 Å². The summed E-state index contributed by atoms with van der Waals surface area (Å²) in [5.74, 6) is 0. The third-order valence-electron chi connectivity index (χ3n) is 0. The summed E-state index contributed by atoms with van der Waals surface area (Å²) < 4.78 is 0. The summed E-state index contributed by atoms with van der Waals surface area (Å²) in [4.78, 5) is 0. The first-order chi connectivity index (χ1) is 1.00. The van der Waals surface area contributed by atoms with E-state index in [0.717, 1.165) is 0 Å². The van der Waals surface area contributed by atoms with Crippen LogP contribution in [0.3, 0.4) is 0 Å². The Balaban J connectivity index is -0.00000000500. The summed E-state index contributed by atoms with van der Waals surface area (Å²) in [6, 6.07) is 0. The van der Waals surface area contributed by atoms with Crippen molar-refractivity contribution in [3.8, 4) is 0 Å². The predicted octanol–water partition coefficient (Wildman–Crippen LogP) is -0.384. The Morgan fingerprint density at radius 2 is 1.25 bits per heavy atom. The molecule has 2 N–H and O–H groups in total. The molecule has 3 heteroatoms. The average molecular weight is 78.3 g/mol. The van der Waals surface area contributed by atoms with Gasteiger partial charge in [-0.15, -0.1) is 12.4 Å². The molecule has 0 amide bonds. The fourth-order valence-electron chi connectivity index (χ4n) is 0. The van der Waals surface area contributed by atoms with E-state index in [2.05, 4.69) is 5.73 Å². The van der Waals surface area contributed by atoms with Gasteiger partial charge in [-0.05, 0) is 7.05 Å². The fourth-order valence-corrected chi connectivity index (χ4v) is 0. The van der Waals surface area contributed by atoms with Crippen LogP contribution in [0.15, 0.2) is 0 Å². The van der Waals surface area contributed by atoms with Crippen molar-refractivity contribution in [3.63, 3.8) is 0 Å². The Labute approximate surface area is 34.6 Å². The molecule has 0 unspecified atom stereocenters. The quantitative estimate of drug-likeness (QED) is 0.393. The Hall–Kier alpha value is 0.315. The van der Waals surface area contributed by atoms with Gasteiger partial charge in [-0.3, -0.25) is 0 Å². The number of halogens is 1. The van der Waals surface area contributed by atoms with Crippen LogP contribution in [0, 0.1) is 0 Å². The number of hydrogen-bond donors (Lipinski definition) is 1. The highest BCUT2D eigenvalue weighted by Gasteiger charge is 0.836. The highest BCUT2D eigenvalue weighted by atomic mass is 35.5. The molecule has 0 fully saturated rings. The van der Waals surface area contributed by atoms with Crippen LogP contribution in [0.2, 0.25) is 0 Å². The van der Waals surface area contributed by atoms with Crippen molar-refractivity contribution in [2.75, 3.05) is 7.05 Å². The van der Waals surface area contributed by atoms with Crippen molar-refractivity contribution in [1.82, 2.24) is 0 Å². The molecule has 1 nitrogen and oxygen atoms in total. The maximum absolute atomic E-state index is 4.50. The third-order valence-corrected chi connectivity index (χ3v) is 0. The summed E-state index contributed by atoms with van der Waals surface area (Å²) in [5.41, 5.74) is 4.50. The van der Waals surface area contributed by atoms with Gasteiger partial charge in [0.2, 0.25) is 0 Å². The number of nitrogens with two attached hydrogens (primary N) is 1. The van der Waals surface area contributed by atoms with Gasteiger partial charge in [-0.1, -0.05) is 0 Å².